The molecule has 4 rings (SSSR count). The molecule has 0 spiro atoms. The second-order valence-corrected chi connectivity index (χ2v) is 7.80. The minimum absolute atomic E-state index is 0.0570. The predicted molar refractivity (Wildman–Crippen MR) is 128 cm³/mol. The molecule has 0 aliphatic heterocycles. The maximum atomic E-state index is 13.0. The highest BCUT2D eigenvalue weighted by Crippen LogP contribution is 2.24. The van der Waals surface area contributed by atoms with Gasteiger partial charge in [0.15, 0.2) is 17.4 Å². The van der Waals surface area contributed by atoms with Gasteiger partial charge in [-0.2, -0.15) is 0 Å². The van der Waals surface area contributed by atoms with Crippen LogP contribution in [0.25, 0.3) is 16.7 Å². The van der Waals surface area contributed by atoms with Crippen molar-refractivity contribution in [3.05, 3.63) is 86.6 Å². The predicted octanol–water partition coefficient (Wildman–Crippen LogP) is 2.78. The van der Waals surface area contributed by atoms with Crippen molar-refractivity contribution in [1.29, 1.82) is 0 Å². The maximum absolute atomic E-state index is 13.0. The van der Waals surface area contributed by atoms with Gasteiger partial charge in [0, 0.05) is 12.4 Å². The molecule has 0 aliphatic carbocycles. The zero-order chi connectivity index (χ0) is 25.3. The topological polar surface area (TPSA) is 122 Å². The average Bonchev–Trinajstić information content (AvgIpc) is 3.06. The van der Waals surface area contributed by atoms with Gasteiger partial charge in [-0.25, -0.2) is 14.3 Å². The number of carbonyl (C=O) groups is 2. The Hall–Kier alpha value is -4.60. The van der Waals surface area contributed by atoms with Crippen molar-refractivity contribution >= 4 is 28.5 Å². The Bertz CT molecular complexity index is 1550. The Kier molecular flexibility index (Phi) is 6.28. The van der Waals surface area contributed by atoms with Crippen LogP contribution in [-0.4, -0.2) is 34.5 Å². The van der Waals surface area contributed by atoms with E-state index in [1.807, 2.05) is 6.07 Å². The largest absolute Gasteiger partial charge is 0.493 e. The van der Waals surface area contributed by atoms with E-state index in [-0.39, 0.29) is 16.8 Å². The molecule has 1 N–H and O–H groups in total. The number of rotatable bonds is 6. The Morgan fingerprint density at radius 3 is 2.46 bits per heavy atom. The van der Waals surface area contributed by atoms with Crippen LogP contribution in [0, 0.1) is 6.92 Å². The number of esters is 1. The number of hydrogen-bond donors (Lipinski definition) is 1. The highest BCUT2D eigenvalue weighted by molar-refractivity contribution is 5.98. The first-order chi connectivity index (χ1) is 16.7. The number of nitrogens with one attached hydrogen (secondary N) is 1. The van der Waals surface area contributed by atoms with Crippen LogP contribution in [0.4, 0.5) is 5.69 Å². The molecular formula is C25H23N3O7. The second kappa shape index (κ2) is 9.34. The number of benzene rings is 2. The normalized spacial score (nSPS) is 11.8. The number of para-hydroxylation sites is 2. The molecule has 10 heteroatoms. The first-order valence-corrected chi connectivity index (χ1v) is 10.7. The molecule has 1 atom stereocenters. The van der Waals surface area contributed by atoms with Gasteiger partial charge in [-0.05, 0) is 38.1 Å². The van der Waals surface area contributed by atoms with Gasteiger partial charge >= 0.3 is 11.6 Å². The van der Waals surface area contributed by atoms with Gasteiger partial charge < -0.3 is 19.2 Å². The van der Waals surface area contributed by atoms with Crippen LogP contribution >= 0.6 is 0 Å². The van der Waals surface area contributed by atoms with E-state index in [0.29, 0.717) is 22.5 Å². The van der Waals surface area contributed by atoms with Gasteiger partial charge in [-0.1, -0.05) is 30.3 Å². The lowest BCUT2D eigenvalue weighted by molar-refractivity contribution is -0.123. The lowest BCUT2D eigenvalue weighted by Crippen LogP contribution is -2.33. The van der Waals surface area contributed by atoms with Crippen molar-refractivity contribution in [2.75, 3.05) is 12.4 Å². The number of methoxy groups -OCH3 is 1. The third-order valence-electron chi connectivity index (χ3n) is 5.62. The minimum Gasteiger partial charge on any atom is -0.493 e. The maximum Gasteiger partial charge on any atom is 0.351 e. The van der Waals surface area contributed by atoms with E-state index in [9.17, 15) is 19.2 Å². The summed E-state index contributed by atoms with van der Waals surface area (Å²) in [6, 6.07) is 15.2. The molecule has 1 amide bonds. The fourth-order valence-corrected chi connectivity index (χ4v) is 3.64. The molecule has 35 heavy (non-hydrogen) atoms. The summed E-state index contributed by atoms with van der Waals surface area (Å²) in [5.41, 5.74) is -0.347. The van der Waals surface area contributed by atoms with E-state index >= 15 is 0 Å². The summed E-state index contributed by atoms with van der Waals surface area (Å²) in [4.78, 5) is 50.8. The van der Waals surface area contributed by atoms with Gasteiger partial charge in [0.2, 0.25) is 0 Å². The summed E-state index contributed by atoms with van der Waals surface area (Å²) in [5.74, 6) is -1.42. The molecule has 180 valence electrons. The van der Waals surface area contributed by atoms with Gasteiger partial charge in [0.25, 0.3) is 11.5 Å². The molecule has 4 aromatic rings. The van der Waals surface area contributed by atoms with Crippen LogP contribution in [0.15, 0.2) is 68.6 Å². The molecule has 2 aromatic carbocycles. The van der Waals surface area contributed by atoms with Crippen molar-refractivity contribution < 1.29 is 23.5 Å². The molecule has 0 unspecified atom stereocenters. The Morgan fingerprint density at radius 2 is 1.77 bits per heavy atom. The number of anilines is 1. The van der Waals surface area contributed by atoms with Crippen LogP contribution in [-0.2, 0) is 16.6 Å². The zero-order valence-electron chi connectivity index (χ0n) is 19.5. The minimum atomic E-state index is -1.30. The SMILES string of the molecule is COc1cccc2cc(C(=O)O[C@@H](C)C(=O)Nc3c(C)n(C)n(-c4ccccc4)c3=O)c(=O)oc12. The third-order valence-corrected chi connectivity index (χ3v) is 5.62. The number of carbonyl (C=O) groups excluding carboxylic acids is 2. The van der Waals surface area contributed by atoms with E-state index in [2.05, 4.69) is 5.32 Å². The van der Waals surface area contributed by atoms with E-state index in [4.69, 9.17) is 13.9 Å². The Balaban J connectivity index is 1.55. The zero-order valence-corrected chi connectivity index (χ0v) is 19.5. The summed E-state index contributed by atoms with van der Waals surface area (Å²) in [6.07, 6.45) is -1.30. The second-order valence-electron chi connectivity index (χ2n) is 7.80. The van der Waals surface area contributed by atoms with Crippen LogP contribution in [0.2, 0.25) is 0 Å². The number of nitrogens with zero attached hydrogens (tertiary/aromatic N) is 2. The molecule has 2 heterocycles. The summed E-state index contributed by atoms with van der Waals surface area (Å²) in [5, 5.41) is 2.99. The quantitative estimate of drug-likeness (QED) is 0.335. The van der Waals surface area contributed by atoms with Crippen molar-refractivity contribution in [3.63, 3.8) is 0 Å². The lowest BCUT2D eigenvalue weighted by Gasteiger charge is -2.13. The van der Waals surface area contributed by atoms with Gasteiger partial charge in [-0.15, -0.1) is 0 Å². The Morgan fingerprint density at radius 1 is 1.06 bits per heavy atom. The van der Waals surface area contributed by atoms with Crippen molar-refractivity contribution in [2.24, 2.45) is 7.05 Å². The van der Waals surface area contributed by atoms with Crippen molar-refractivity contribution in [3.8, 4) is 11.4 Å². The summed E-state index contributed by atoms with van der Waals surface area (Å²) in [6.45, 7) is 3.02. The van der Waals surface area contributed by atoms with E-state index in [0.717, 1.165) is 0 Å². The highest BCUT2D eigenvalue weighted by Gasteiger charge is 2.25. The van der Waals surface area contributed by atoms with E-state index in [1.54, 1.807) is 61.1 Å². The standard InChI is InChI=1S/C25H23N3O7/c1-14-20(23(30)28(27(14)3)17-10-6-5-7-11-17)26-22(29)15(2)34-24(31)18-13-16-9-8-12-19(33-4)21(16)35-25(18)32/h5-13,15H,1-4H3,(H,26,29)/t15-/m0/s1. The highest BCUT2D eigenvalue weighted by atomic mass is 16.5. The van der Waals surface area contributed by atoms with Crippen molar-refractivity contribution in [1.82, 2.24) is 9.36 Å². The fourth-order valence-electron chi connectivity index (χ4n) is 3.64. The van der Waals surface area contributed by atoms with Gasteiger partial charge in [0.1, 0.15) is 11.3 Å². The number of aromatic nitrogens is 2. The van der Waals surface area contributed by atoms with E-state index in [1.165, 1.54) is 24.8 Å². The van der Waals surface area contributed by atoms with Crippen LogP contribution in [0.3, 0.4) is 0 Å². The lowest BCUT2D eigenvalue weighted by atomic mass is 10.1. The third kappa shape index (κ3) is 4.33. The average molecular weight is 477 g/mol. The molecule has 0 radical (unpaired) electrons. The van der Waals surface area contributed by atoms with E-state index < -0.39 is 29.2 Å². The molecule has 10 nitrogen and oxygen atoms in total. The van der Waals surface area contributed by atoms with Gasteiger partial charge in [-0.3, -0.25) is 14.3 Å². The summed E-state index contributed by atoms with van der Waals surface area (Å²) in [7, 11) is 3.12. The van der Waals surface area contributed by atoms with Crippen LogP contribution in [0.5, 0.6) is 5.75 Å². The first kappa shape index (κ1) is 23.6. The van der Waals surface area contributed by atoms with Crippen LogP contribution in [0.1, 0.15) is 23.0 Å². The number of ether oxygens (including phenoxy) is 2. The monoisotopic (exact) mass is 477 g/mol. The molecule has 0 aliphatic rings. The number of amides is 1. The molecule has 0 fully saturated rings. The molecular weight excluding hydrogens is 454 g/mol. The number of hydrogen-bond acceptors (Lipinski definition) is 7. The first-order valence-electron chi connectivity index (χ1n) is 10.7. The van der Waals surface area contributed by atoms with Crippen LogP contribution < -0.4 is 21.2 Å². The Labute approximate surface area is 199 Å². The fraction of sp³-hybridized carbons (Fsp3) is 0.200. The summed E-state index contributed by atoms with van der Waals surface area (Å²) < 4.78 is 18.6. The number of fused-ring (bicyclic) bond motifs is 1. The summed E-state index contributed by atoms with van der Waals surface area (Å²) >= 11 is 0. The smallest absolute Gasteiger partial charge is 0.351 e. The van der Waals surface area contributed by atoms with Crippen molar-refractivity contribution in [2.45, 2.75) is 20.0 Å². The molecule has 0 saturated heterocycles. The molecule has 0 saturated carbocycles. The molecule has 2 aromatic heterocycles. The van der Waals surface area contributed by atoms with Gasteiger partial charge in [0.05, 0.1) is 18.5 Å². The molecule has 0 bridgehead atoms.